The summed E-state index contributed by atoms with van der Waals surface area (Å²) in [6.45, 7) is 6.21. The summed E-state index contributed by atoms with van der Waals surface area (Å²) in [6.07, 6.45) is 2.59. The zero-order valence-corrected chi connectivity index (χ0v) is 18.0. The largest absolute Gasteiger partial charge is 0.493 e. The Hall–Kier alpha value is -2.04. The number of nitrogens with zero attached hydrogens (tertiary/aromatic N) is 4. The lowest BCUT2D eigenvalue weighted by Crippen LogP contribution is -2.31. The molecule has 9 heteroatoms. The lowest BCUT2D eigenvalue weighted by atomic mass is 10.3. The Labute approximate surface area is 171 Å². The number of hydrogen-bond acceptors (Lipinski definition) is 5. The van der Waals surface area contributed by atoms with Crippen LogP contribution in [0.15, 0.2) is 29.5 Å². The molecule has 26 heavy (non-hydrogen) atoms. The molecule has 0 aliphatic heterocycles. The van der Waals surface area contributed by atoms with Gasteiger partial charge < -0.3 is 24.7 Å². The molecule has 0 unspecified atom stereocenters. The number of aromatic nitrogens is 3. The Morgan fingerprint density at radius 3 is 2.62 bits per heavy atom. The molecule has 0 aliphatic carbocycles. The number of halogens is 1. The van der Waals surface area contributed by atoms with E-state index in [2.05, 4.69) is 32.7 Å². The molecule has 2 N–H and O–H groups in total. The highest BCUT2D eigenvalue weighted by Crippen LogP contribution is 2.29. The highest BCUT2D eigenvalue weighted by Gasteiger charge is 2.06. The molecule has 2 aromatic rings. The molecule has 0 bridgehead atoms. The van der Waals surface area contributed by atoms with Crippen LogP contribution in [0.4, 0.5) is 5.69 Å². The van der Waals surface area contributed by atoms with Crippen LogP contribution in [0.25, 0.3) is 0 Å². The summed E-state index contributed by atoms with van der Waals surface area (Å²) in [5.41, 5.74) is 0.871. The van der Waals surface area contributed by atoms with E-state index in [4.69, 9.17) is 9.47 Å². The summed E-state index contributed by atoms with van der Waals surface area (Å²) in [5, 5.41) is 14.5. The number of nitrogens with one attached hydrogen (secondary N) is 2. The van der Waals surface area contributed by atoms with Gasteiger partial charge in [-0.05, 0) is 19.1 Å². The first-order valence-corrected chi connectivity index (χ1v) is 8.35. The van der Waals surface area contributed by atoms with Gasteiger partial charge in [0.1, 0.15) is 12.2 Å². The van der Waals surface area contributed by atoms with Gasteiger partial charge in [0.05, 0.1) is 20.8 Å². The van der Waals surface area contributed by atoms with E-state index in [1.807, 2.05) is 29.7 Å². The van der Waals surface area contributed by atoms with Gasteiger partial charge in [-0.15, -0.1) is 34.2 Å². The van der Waals surface area contributed by atoms with Gasteiger partial charge >= 0.3 is 0 Å². The molecule has 0 radical (unpaired) electrons. The van der Waals surface area contributed by atoms with E-state index < -0.39 is 0 Å². The maximum atomic E-state index is 5.33. The molecule has 0 spiro atoms. The Balaban J connectivity index is 0.00000338. The lowest BCUT2D eigenvalue weighted by molar-refractivity contribution is 0.355. The molecule has 0 amide bonds. The van der Waals surface area contributed by atoms with Crippen molar-refractivity contribution in [3.05, 3.63) is 30.4 Å². The minimum Gasteiger partial charge on any atom is -0.493 e. The predicted octanol–water partition coefficient (Wildman–Crippen LogP) is 2.55. The third kappa shape index (κ3) is 6.04. The van der Waals surface area contributed by atoms with Gasteiger partial charge in [-0.2, -0.15) is 0 Å². The average Bonchev–Trinajstić information content (AvgIpc) is 3.09. The van der Waals surface area contributed by atoms with Gasteiger partial charge in [0.15, 0.2) is 17.5 Å². The van der Waals surface area contributed by atoms with E-state index >= 15 is 0 Å². The number of guanidine groups is 1. The van der Waals surface area contributed by atoms with E-state index in [0.29, 0.717) is 24.0 Å². The smallest absolute Gasteiger partial charge is 0.195 e. The third-order valence-corrected chi connectivity index (χ3v) is 3.61. The van der Waals surface area contributed by atoms with Crippen molar-refractivity contribution >= 4 is 35.6 Å². The molecule has 1 aromatic heterocycles. The summed E-state index contributed by atoms with van der Waals surface area (Å²) in [5.74, 6) is 3.03. The molecular weight excluding hydrogens is 447 g/mol. The van der Waals surface area contributed by atoms with Crippen molar-refractivity contribution in [2.45, 2.75) is 26.8 Å². The highest BCUT2D eigenvalue weighted by molar-refractivity contribution is 14.0. The number of rotatable bonds is 8. The van der Waals surface area contributed by atoms with Crippen LogP contribution in [-0.2, 0) is 13.0 Å². The van der Waals surface area contributed by atoms with Gasteiger partial charge in [0.25, 0.3) is 0 Å². The van der Waals surface area contributed by atoms with Gasteiger partial charge in [-0.1, -0.05) is 6.92 Å². The molecule has 2 rings (SSSR count). The summed E-state index contributed by atoms with van der Waals surface area (Å²) < 4.78 is 12.6. The second kappa shape index (κ2) is 11.6. The first kappa shape index (κ1) is 22.0. The fourth-order valence-electron chi connectivity index (χ4n) is 2.37. The second-order valence-corrected chi connectivity index (χ2v) is 5.25. The van der Waals surface area contributed by atoms with Gasteiger partial charge in [-0.3, -0.25) is 4.99 Å². The standard InChI is InChI=1S/C17H26N6O2.HI/c1-5-16-22-20-12-23(16)10-9-19-17(18-6-2)21-13-7-8-14(24-3)15(11-13)25-4;/h7-8,11-12H,5-6,9-10H2,1-4H3,(H2,18,19,21);1H. The minimum atomic E-state index is 0. The molecule has 0 aliphatic rings. The second-order valence-electron chi connectivity index (χ2n) is 5.25. The van der Waals surface area contributed by atoms with Crippen LogP contribution in [0.2, 0.25) is 0 Å². The quantitative estimate of drug-likeness (QED) is 0.348. The lowest BCUT2D eigenvalue weighted by Gasteiger charge is -2.14. The molecule has 8 nitrogen and oxygen atoms in total. The fourth-order valence-corrected chi connectivity index (χ4v) is 2.37. The van der Waals surface area contributed by atoms with Crippen LogP contribution in [0.3, 0.4) is 0 Å². The van der Waals surface area contributed by atoms with Crippen LogP contribution in [0.5, 0.6) is 11.5 Å². The molecule has 0 saturated heterocycles. The molecule has 144 valence electrons. The number of hydrogen-bond donors (Lipinski definition) is 2. The van der Waals surface area contributed by atoms with Crippen molar-refractivity contribution in [1.82, 2.24) is 20.1 Å². The monoisotopic (exact) mass is 474 g/mol. The number of methoxy groups -OCH3 is 2. The zero-order chi connectivity index (χ0) is 18.1. The Bertz CT molecular complexity index is 704. The number of benzene rings is 1. The fraction of sp³-hybridized carbons (Fsp3) is 0.471. The van der Waals surface area contributed by atoms with E-state index in [1.54, 1.807) is 20.5 Å². The van der Waals surface area contributed by atoms with E-state index in [-0.39, 0.29) is 24.0 Å². The van der Waals surface area contributed by atoms with Crippen molar-refractivity contribution in [2.24, 2.45) is 4.99 Å². The summed E-state index contributed by atoms with van der Waals surface area (Å²) >= 11 is 0. The van der Waals surface area contributed by atoms with Gasteiger partial charge in [-0.25, -0.2) is 0 Å². The minimum absolute atomic E-state index is 0. The summed E-state index contributed by atoms with van der Waals surface area (Å²) in [6, 6.07) is 5.65. The number of aryl methyl sites for hydroxylation is 1. The maximum absolute atomic E-state index is 5.33. The van der Waals surface area contributed by atoms with Crippen molar-refractivity contribution in [3.63, 3.8) is 0 Å². The van der Waals surface area contributed by atoms with Gasteiger partial charge in [0, 0.05) is 31.3 Å². The van der Waals surface area contributed by atoms with Gasteiger partial charge in [0.2, 0.25) is 0 Å². The molecule has 0 fully saturated rings. The normalized spacial score (nSPS) is 10.8. The van der Waals surface area contributed by atoms with Crippen LogP contribution in [0, 0.1) is 0 Å². The molecule has 1 heterocycles. The van der Waals surface area contributed by atoms with Crippen molar-refractivity contribution in [2.75, 3.05) is 32.6 Å². The van der Waals surface area contributed by atoms with Crippen molar-refractivity contribution in [1.29, 1.82) is 0 Å². The van der Waals surface area contributed by atoms with Crippen LogP contribution >= 0.6 is 24.0 Å². The molecule has 0 atom stereocenters. The zero-order valence-electron chi connectivity index (χ0n) is 15.7. The summed E-state index contributed by atoms with van der Waals surface area (Å²) in [7, 11) is 3.23. The maximum Gasteiger partial charge on any atom is 0.195 e. The average molecular weight is 474 g/mol. The topological polar surface area (TPSA) is 85.6 Å². The van der Waals surface area contributed by atoms with E-state index in [0.717, 1.165) is 31.0 Å². The number of anilines is 1. The third-order valence-electron chi connectivity index (χ3n) is 3.61. The van der Waals surface area contributed by atoms with Crippen LogP contribution in [0.1, 0.15) is 19.7 Å². The molecule has 1 aromatic carbocycles. The number of aliphatic imine (C=N–C) groups is 1. The van der Waals surface area contributed by atoms with E-state index in [9.17, 15) is 0 Å². The van der Waals surface area contributed by atoms with Crippen molar-refractivity contribution in [3.8, 4) is 11.5 Å². The molecule has 0 saturated carbocycles. The SMILES string of the molecule is CCNC(=NCCn1cnnc1CC)Nc1ccc(OC)c(OC)c1.I. The van der Waals surface area contributed by atoms with E-state index in [1.165, 1.54) is 0 Å². The van der Waals surface area contributed by atoms with Crippen molar-refractivity contribution < 1.29 is 9.47 Å². The summed E-state index contributed by atoms with van der Waals surface area (Å²) in [4.78, 5) is 4.60. The first-order chi connectivity index (χ1) is 12.2. The number of ether oxygens (including phenoxy) is 2. The highest BCUT2D eigenvalue weighted by atomic mass is 127. The molecular formula is C17H27IN6O2. The van der Waals surface area contributed by atoms with Crippen LogP contribution in [-0.4, -0.2) is 48.0 Å². The Morgan fingerprint density at radius 2 is 1.96 bits per heavy atom. The van der Waals surface area contributed by atoms with Crippen LogP contribution < -0.4 is 20.1 Å². The first-order valence-electron chi connectivity index (χ1n) is 8.35. The predicted molar refractivity (Wildman–Crippen MR) is 114 cm³/mol. The Morgan fingerprint density at radius 1 is 1.19 bits per heavy atom. The Kier molecular flexibility index (Phi) is 9.78.